The molecule has 0 spiro atoms. The van der Waals surface area contributed by atoms with E-state index in [0.29, 0.717) is 13.1 Å². The highest BCUT2D eigenvalue weighted by atomic mass is 16.3. The standard InChI is InChI=1S/C21H28N2O2/c1-15-4-8-20(9-5-15)21(25)14-23-16(2)19-10-6-18(7-11-19)12-13-22-17(3)24/h4-11,16,21,23,25H,12-14H2,1-3H3,(H,22,24). The Balaban J connectivity index is 1.82. The van der Waals surface area contributed by atoms with Gasteiger partial charge < -0.3 is 15.7 Å². The van der Waals surface area contributed by atoms with E-state index in [1.54, 1.807) is 0 Å². The second kappa shape index (κ2) is 9.35. The van der Waals surface area contributed by atoms with Crippen molar-refractivity contribution < 1.29 is 9.90 Å². The fourth-order valence-electron chi connectivity index (χ4n) is 2.67. The summed E-state index contributed by atoms with van der Waals surface area (Å²) in [5, 5.41) is 16.5. The summed E-state index contributed by atoms with van der Waals surface area (Å²) >= 11 is 0. The number of hydrogen-bond donors (Lipinski definition) is 3. The number of aliphatic hydroxyl groups excluding tert-OH is 1. The van der Waals surface area contributed by atoms with Crippen molar-refractivity contribution in [2.75, 3.05) is 13.1 Å². The first-order chi connectivity index (χ1) is 12.0. The van der Waals surface area contributed by atoms with Crippen LogP contribution < -0.4 is 10.6 Å². The van der Waals surface area contributed by atoms with Gasteiger partial charge in [0.1, 0.15) is 0 Å². The normalized spacial score (nSPS) is 13.3. The molecule has 2 aromatic rings. The van der Waals surface area contributed by atoms with Gasteiger partial charge in [-0.2, -0.15) is 0 Å². The fraction of sp³-hybridized carbons (Fsp3) is 0.381. The summed E-state index contributed by atoms with van der Waals surface area (Å²) in [7, 11) is 0. The lowest BCUT2D eigenvalue weighted by molar-refractivity contribution is -0.118. The molecule has 0 saturated carbocycles. The van der Waals surface area contributed by atoms with E-state index in [-0.39, 0.29) is 11.9 Å². The molecular formula is C21H28N2O2. The Bertz CT molecular complexity index is 665. The van der Waals surface area contributed by atoms with Crippen molar-refractivity contribution in [3.8, 4) is 0 Å². The van der Waals surface area contributed by atoms with E-state index in [4.69, 9.17) is 0 Å². The maximum atomic E-state index is 10.9. The number of carbonyl (C=O) groups excluding carboxylic acids is 1. The van der Waals surface area contributed by atoms with Gasteiger partial charge in [-0.05, 0) is 37.0 Å². The molecule has 0 aliphatic heterocycles. The summed E-state index contributed by atoms with van der Waals surface area (Å²) in [6.07, 6.45) is 0.313. The predicted molar refractivity (Wildman–Crippen MR) is 101 cm³/mol. The third kappa shape index (κ3) is 6.33. The van der Waals surface area contributed by atoms with E-state index in [1.807, 2.05) is 31.2 Å². The molecule has 0 fully saturated rings. The highest BCUT2D eigenvalue weighted by Gasteiger charge is 2.10. The minimum Gasteiger partial charge on any atom is -0.387 e. The Labute approximate surface area is 150 Å². The van der Waals surface area contributed by atoms with E-state index < -0.39 is 6.10 Å². The van der Waals surface area contributed by atoms with Crippen LogP contribution in [0.25, 0.3) is 0 Å². The van der Waals surface area contributed by atoms with Crippen LogP contribution in [0.2, 0.25) is 0 Å². The summed E-state index contributed by atoms with van der Waals surface area (Å²) in [6, 6.07) is 16.5. The largest absolute Gasteiger partial charge is 0.387 e. The van der Waals surface area contributed by atoms with Gasteiger partial charge in [-0.1, -0.05) is 54.1 Å². The molecule has 4 nitrogen and oxygen atoms in total. The summed E-state index contributed by atoms with van der Waals surface area (Å²) in [5.74, 6) is 0.00146. The first-order valence-corrected chi connectivity index (χ1v) is 8.77. The van der Waals surface area contributed by atoms with E-state index in [9.17, 15) is 9.90 Å². The lowest BCUT2D eigenvalue weighted by Crippen LogP contribution is -2.24. The van der Waals surface area contributed by atoms with Crippen molar-refractivity contribution in [2.45, 2.75) is 39.3 Å². The zero-order chi connectivity index (χ0) is 18.2. The van der Waals surface area contributed by atoms with Crippen LogP contribution in [-0.2, 0) is 11.2 Å². The summed E-state index contributed by atoms with van der Waals surface area (Å²) in [6.45, 7) is 6.83. The smallest absolute Gasteiger partial charge is 0.216 e. The average Bonchev–Trinajstić information content (AvgIpc) is 2.60. The topological polar surface area (TPSA) is 61.4 Å². The number of aryl methyl sites for hydroxylation is 1. The van der Waals surface area contributed by atoms with Crippen molar-refractivity contribution in [1.29, 1.82) is 0 Å². The zero-order valence-corrected chi connectivity index (χ0v) is 15.3. The predicted octanol–water partition coefficient (Wildman–Crippen LogP) is 3.06. The van der Waals surface area contributed by atoms with E-state index in [2.05, 4.69) is 41.8 Å². The van der Waals surface area contributed by atoms with E-state index in [1.165, 1.54) is 23.6 Å². The van der Waals surface area contributed by atoms with Gasteiger partial charge in [0.25, 0.3) is 0 Å². The maximum Gasteiger partial charge on any atom is 0.216 e. The molecule has 2 unspecified atom stereocenters. The lowest BCUT2D eigenvalue weighted by atomic mass is 10.0. The van der Waals surface area contributed by atoms with E-state index >= 15 is 0 Å². The van der Waals surface area contributed by atoms with Crippen molar-refractivity contribution in [1.82, 2.24) is 10.6 Å². The highest BCUT2D eigenvalue weighted by molar-refractivity contribution is 5.72. The molecule has 0 aliphatic rings. The minimum atomic E-state index is -0.514. The van der Waals surface area contributed by atoms with Crippen molar-refractivity contribution >= 4 is 5.91 Å². The van der Waals surface area contributed by atoms with Gasteiger partial charge >= 0.3 is 0 Å². The van der Waals surface area contributed by atoms with Crippen LogP contribution in [0.3, 0.4) is 0 Å². The van der Waals surface area contributed by atoms with Crippen LogP contribution >= 0.6 is 0 Å². The molecule has 134 valence electrons. The van der Waals surface area contributed by atoms with Gasteiger partial charge in [0.15, 0.2) is 0 Å². The summed E-state index contributed by atoms with van der Waals surface area (Å²) < 4.78 is 0. The van der Waals surface area contributed by atoms with Gasteiger partial charge in [-0.3, -0.25) is 4.79 Å². The molecule has 2 rings (SSSR count). The minimum absolute atomic E-state index is 0.00146. The number of carbonyl (C=O) groups is 1. The summed E-state index contributed by atoms with van der Waals surface area (Å²) in [4.78, 5) is 10.9. The molecule has 0 heterocycles. The molecule has 1 amide bonds. The van der Waals surface area contributed by atoms with Crippen LogP contribution in [-0.4, -0.2) is 24.1 Å². The number of benzene rings is 2. The Hall–Kier alpha value is -2.17. The molecule has 0 saturated heterocycles. The quantitative estimate of drug-likeness (QED) is 0.692. The fourth-order valence-corrected chi connectivity index (χ4v) is 2.67. The van der Waals surface area contributed by atoms with Crippen molar-refractivity contribution in [2.24, 2.45) is 0 Å². The second-order valence-corrected chi connectivity index (χ2v) is 6.53. The SMILES string of the molecule is CC(=O)NCCc1ccc(C(C)NCC(O)c2ccc(C)cc2)cc1. The molecule has 0 bridgehead atoms. The number of hydrogen-bond acceptors (Lipinski definition) is 3. The molecule has 2 atom stereocenters. The second-order valence-electron chi connectivity index (χ2n) is 6.53. The molecular weight excluding hydrogens is 312 g/mol. The number of rotatable bonds is 8. The van der Waals surface area contributed by atoms with Crippen LogP contribution in [0, 0.1) is 6.92 Å². The summed E-state index contributed by atoms with van der Waals surface area (Å²) in [5.41, 5.74) is 4.50. The lowest BCUT2D eigenvalue weighted by Gasteiger charge is -2.18. The van der Waals surface area contributed by atoms with Crippen LogP contribution in [0.5, 0.6) is 0 Å². The molecule has 25 heavy (non-hydrogen) atoms. The Kier molecular flexibility index (Phi) is 7.16. The van der Waals surface area contributed by atoms with Gasteiger partial charge in [-0.25, -0.2) is 0 Å². The first-order valence-electron chi connectivity index (χ1n) is 8.77. The Morgan fingerprint density at radius 1 is 1.04 bits per heavy atom. The first kappa shape index (κ1) is 19.2. The zero-order valence-electron chi connectivity index (χ0n) is 15.3. The maximum absolute atomic E-state index is 10.9. The number of aliphatic hydroxyl groups is 1. The van der Waals surface area contributed by atoms with Gasteiger partial charge in [-0.15, -0.1) is 0 Å². The third-order valence-corrected chi connectivity index (χ3v) is 4.35. The Morgan fingerprint density at radius 2 is 1.64 bits per heavy atom. The molecule has 0 aromatic heterocycles. The van der Waals surface area contributed by atoms with Gasteiger partial charge in [0.05, 0.1) is 6.10 Å². The van der Waals surface area contributed by atoms with Crippen molar-refractivity contribution in [3.63, 3.8) is 0 Å². The van der Waals surface area contributed by atoms with Crippen LogP contribution in [0.15, 0.2) is 48.5 Å². The van der Waals surface area contributed by atoms with E-state index in [0.717, 1.165) is 12.0 Å². The van der Waals surface area contributed by atoms with Crippen LogP contribution in [0.1, 0.15) is 48.2 Å². The number of nitrogens with one attached hydrogen (secondary N) is 2. The highest BCUT2D eigenvalue weighted by Crippen LogP contribution is 2.17. The van der Waals surface area contributed by atoms with Gasteiger partial charge in [0.2, 0.25) is 5.91 Å². The number of amides is 1. The Morgan fingerprint density at radius 3 is 2.24 bits per heavy atom. The van der Waals surface area contributed by atoms with Crippen molar-refractivity contribution in [3.05, 3.63) is 70.8 Å². The van der Waals surface area contributed by atoms with Gasteiger partial charge in [0, 0.05) is 26.1 Å². The molecule has 4 heteroatoms. The average molecular weight is 340 g/mol. The molecule has 2 aromatic carbocycles. The third-order valence-electron chi connectivity index (χ3n) is 4.35. The van der Waals surface area contributed by atoms with Crippen LogP contribution in [0.4, 0.5) is 0 Å². The molecule has 3 N–H and O–H groups in total. The molecule has 0 radical (unpaired) electrons. The monoisotopic (exact) mass is 340 g/mol. The molecule has 0 aliphatic carbocycles.